The maximum Gasteiger partial charge on any atom is 0.402 e. The van der Waals surface area contributed by atoms with E-state index in [9.17, 15) is 51.1 Å². The van der Waals surface area contributed by atoms with E-state index in [1.807, 2.05) is 0 Å². The molecule has 1 unspecified atom stereocenters. The lowest BCUT2D eigenvalue weighted by Gasteiger charge is -2.42. The number of benzene rings is 2. The molecule has 2 saturated heterocycles. The van der Waals surface area contributed by atoms with E-state index in [-0.39, 0.29) is 33.8 Å². The first-order valence-electron chi connectivity index (χ1n) is 12.9. The highest BCUT2D eigenvalue weighted by molar-refractivity contribution is 5.88. The lowest BCUT2D eigenvalue weighted by Crippen LogP contribution is -2.61. The van der Waals surface area contributed by atoms with E-state index in [0.29, 0.717) is 0 Å². The van der Waals surface area contributed by atoms with Gasteiger partial charge in [0.2, 0.25) is 12.0 Å². The topological polar surface area (TPSA) is 251 Å². The van der Waals surface area contributed by atoms with E-state index >= 15 is 0 Å². The number of aromatic hydroxyl groups is 4. The van der Waals surface area contributed by atoms with Crippen LogP contribution >= 0.6 is 0 Å². The molecule has 0 spiro atoms. The number of aliphatic hydroxyl groups is 6. The van der Waals surface area contributed by atoms with E-state index in [0.717, 1.165) is 12.1 Å². The van der Waals surface area contributed by atoms with Gasteiger partial charge in [0.25, 0.3) is 0 Å². The average molecular weight is 596 g/mol. The summed E-state index contributed by atoms with van der Waals surface area (Å²) in [5, 5.41) is 102. The minimum absolute atomic E-state index is 0.00170. The molecule has 0 amide bonds. The number of fused-ring (bicyclic) bond motifs is 1. The lowest BCUT2D eigenvalue weighted by molar-refractivity contribution is -0.318. The average Bonchev–Trinajstić information content (AvgIpc) is 2.95. The first-order valence-corrected chi connectivity index (χ1v) is 12.9. The molecule has 1 aromatic heterocycles. The number of phenolic OH excluding ortho intramolecular Hbond substituents is 4. The van der Waals surface area contributed by atoms with Crippen LogP contribution in [0.1, 0.15) is 6.92 Å². The Kier molecular flexibility index (Phi) is 8.30. The van der Waals surface area contributed by atoms with Gasteiger partial charge in [-0.1, -0.05) is 0 Å². The molecule has 0 bridgehead atoms. The third-order valence-corrected chi connectivity index (χ3v) is 7.20. The quantitative estimate of drug-likeness (QED) is 0.124. The van der Waals surface area contributed by atoms with E-state index < -0.39 is 85.3 Å². The number of rotatable bonds is 6. The van der Waals surface area contributed by atoms with Gasteiger partial charge in [0.1, 0.15) is 59.6 Å². The molecule has 3 heterocycles. The first-order chi connectivity index (χ1) is 19.8. The fourth-order valence-corrected chi connectivity index (χ4v) is 4.76. The van der Waals surface area contributed by atoms with Crippen molar-refractivity contribution in [1.29, 1.82) is 0 Å². The summed E-state index contributed by atoms with van der Waals surface area (Å²) < 4.78 is 28.3. The van der Waals surface area contributed by atoms with Crippen LogP contribution in [0.15, 0.2) is 40.8 Å². The molecule has 2 fully saturated rings. The fourth-order valence-electron chi connectivity index (χ4n) is 4.76. The van der Waals surface area contributed by atoms with Crippen LogP contribution in [0.4, 0.5) is 0 Å². The molecular weight excluding hydrogens is 564 g/mol. The van der Waals surface area contributed by atoms with Crippen LogP contribution in [0, 0.1) is 0 Å². The Labute approximate surface area is 237 Å². The van der Waals surface area contributed by atoms with Gasteiger partial charge in [-0.05, 0) is 19.1 Å². The van der Waals surface area contributed by atoms with Gasteiger partial charge in [0.15, 0.2) is 17.8 Å². The third kappa shape index (κ3) is 5.61. The molecule has 10 atom stereocenters. The summed E-state index contributed by atoms with van der Waals surface area (Å²) >= 11 is 0. The van der Waals surface area contributed by atoms with Crippen LogP contribution in [0.25, 0.3) is 22.3 Å². The van der Waals surface area contributed by atoms with E-state index in [4.69, 9.17) is 23.4 Å². The third-order valence-electron chi connectivity index (χ3n) is 7.20. The second-order valence-electron chi connectivity index (χ2n) is 10.2. The van der Waals surface area contributed by atoms with Gasteiger partial charge in [-0.3, -0.25) is 0 Å². The predicted octanol–water partition coefficient (Wildman–Crippen LogP) is -0.766. The highest BCUT2D eigenvalue weighted by Crippen LogP contribution is 2.42. The van der Waals surface area contributed by atoms with Crippen molar-refractivity contribution in [2.75, 3.05) is 6.61 Å². The minimum Gasteiger partial charge on any atom is -0.507 e. The lowest BCUT2D eigenvalue weighted by atomic mass is 9.98. The number of hydrogen-bond donors (Lipinski definition) is 10. The van der Waals surface area contributed by atoms with Crippen LogP contribution in [0.3, 0.4) is 0 Å². The van der Waals surface area contributed by atoms with Gasteiger partial charge in [0, 0.05) is 18.2 Å². The standard InChI is InChI=1S/C27H30O15/c1-9-19(32)21(34)23(36)26(39-9)38-8-18-20(33)22(35)24(37)27(42-18)41-17-7-12-14(30)5-11(28)6-16(12)40-25(17)10-2-3-13(29)15(31)4-10/h2-7,9,18-24,26-27,32-37H,8H2,1H3,(H3-,28,29,30,31)/p+1/t9-,18+,19-,20-,21+,22-,23+,24+,26?,27+/m0/s1. The number of ether oxygens (including phenoxy) is 4. The van der Waals surface area contributed by atoms with Crippen molar-refractivity contribution in [3.8, 4) is 40.1 Å². The Morgan fingerprint density at radius 2 is 1.40 bits per heavy atom. The van der Waals surface area contributed by atoms with Gasteiger partial charge in [-0.25, -0.2) is 4.42 Å². The van der Waals surface area contributed by atoms with E-state index in [1.54, 1.807) is 0 Å². The van der Waals surface area contributed by atoms with Gasteiger partial charge in [0.05, 0.1) is 24.3 Å². The van der Waals surface area contributed by atoms with Crippen molar-refractivity contribution < 1.29 is 74.4 Å². The van der Waals surface area contributed by atoms with Crippen molar-refractivity contribution in [1.82, 2.24) is 0 Å². The second kappa shape index (κ2) is 11.6. The molecule has 2 aliphatic heterocycles. The SMILES string of the molecule is C[C@@H]1OC(OC[C@H]2O[C@@H](Oc3cc4c(O)cc(O)cc4[o+]c3-c3ccc(O)c(O)c3)[C@H](O)[C@@H](O)[C@H]2O)[C@H](O)[C@H](O)[C@H]1O. The van der Waals surface area contributed by atoms with Gasteiger partial charge in [-0.15, -0.1) is 0 Å². The Morgan fingerprint density at radius 1 is 0.714 bits per heavy atom. The van der Waals surface area contributed by atoms with Gasteiger partial charge in [-0.2, -0.15) is 0 Å². The smallest absolute Gasteiger partial charge is 0.402 e. The molecule has 3 aromatic rings. The van der Waals surface area contributed by atoms with Crippen molar-refractivity contribution in [3.63, 3.8) is 0 Å². The second-order valence-corrected chi connectivity index (χ2v) is 10.2. The van der Waals surface area contributed by atoms with Crippen LogP contribution in [0.5, 0.6) is 28.7 Å². The monoisotopic (exact) mass is 595 g/mol. The van der Waals surface area contributed by atoms with Crippen LogP contribution in [0.2, 0.25) is 0 Å². The summed E-state index contributed by atoms with van der Waals surface area (Å²) in [5.74, 6) is -1.92. The first kappa shape index (κ1) is 30.0. The molecule has 228 valence electrons. The van der Waals surface area contributed by atoms with Gasteiger partial charge >= 0.3 is 11.3 Å². The zero-order valence-electron chi connectivity index (χ0n) is 22.0. The molecule has 0 radical (unpaired) electrons. The molecule has 2 aliphatic rings. The highest BCUT2D eigenvalue weighted by Gasteiger charge is 2.48. The van der Waals surface area contributed by atoms with Crippen LogP contribution in [-0.2, 0) is 14.2 Å². The summed E-state index contributed by atoms with van der Waals surface area (Å²) in [6.45, 7) is 0.925. The number of hydrogen-bond acceptors (Lipinski definition) is 14. The number of phenols is 4. The molecule has 5 rings (SSSR count). The summed E-state index contributed by atoms with van der Waals surface area (Å²) in [4.78, 5) is 0. The van der Waals surface area contributed by atoms with Crippen LogP contribution < -0.4 is 4.74 Å². The Bertz CT molecular complexity index is 1430. The highest BCUT2D eigenvalue weighted by atomic mass is 16.7. The fraction of sp³-hybridized carbons (Fsp3) is 0.444. The molecule has 10 N–H and O–H groups in total. The zero-order valence-corrected chi connectivity index (χ0v) is 22.0. The Morgan fingerprint density at radius 3 is 2.12 bits per heavy atom. The van der Waals surface area contributed by atoms with Crippen LogP contribution in [-0.4, -0.2) is 119 Å². The summed E-state index contributed by atoms with van der Waals surface area (Å²) in [7, 11) is 0. The zero-order chi connectivity index (χ0) is 30.5. The van der Waals surface area contributed by atoms with Crippen molar-refractivity contribution in [2.45, 2.75) is 68.3 Å². The molecule has 15 nitrogen and oxygen atoms in total. The normalized spacial score (nSPS) is 33.5. The molecule has 42 heavy (non-hydrogen) atoms. The maximum absolute atomic E-state index is 10.7. The molecule has 0 saturated carbocycles. The maximum atomic E-state index is 10.7. The van der Waals surface area contributed by atoms with Crippen molar-refractivity contribution in [3.05, 3.63) is 36.4 Å². The minimum atomic E-state index is -1.82. The van der Waals surface area contributed by atoms with Gasteiger partial charge < -0.3 is 70.0 Å². The van der Waals surface area contributed by atoms with Crippen molar-refractivity contribution in [2.24, 2.45) is 0 Å². The molecular formula is C27H31O15+. The number of aliphatic hydroxyl groups excluding tert-OH is 6. The van der Waals surface area contributed by atoms with E-state index in [1.165, 1.54) is 31.2 Å². The summed E-state index contributed by atoms with van der Waals surface area (Å²) in [6.07, 6.45) is -15.3. The summed E-state index contributed by atoms with van der Waals surface area (Å²) in [6, 6.07) is 7.22. The molecule has 0 aliphatic carbocycles. The Hall–Kier alpha value is -3.51. The molecule has 15 heteroatoms. The largest absolute Gasteiger partial charge is 0.507 e. The van der Waals surface area contributed by atoms with E-state index in [2.05, 4.69) is 0 Å². The van der Waals surface area contributed by atoms with Crippen molar-refractivity contribution >= 4 is 11.0 Å². The summed E-state index contributed by atoms with van der Waals surface area (Å²) in [5.41, 5.74) is 0.163. The predicted molar refractivity (Wildman–Crippen MR) is 138 cm³/mol. The molecule has 2 aromatic carbocycles. The Balaban J connectivity index is 1.44.